The van der Waals surface area contributed by atoms with E-state index in [0.717, 1.165) is 24.0 Å². The van der Waals surface area contributed by atoms with Crippen LogP contribution in [-0.4, -0.2) is 35.4 Å². The van der Waals surface area contributed by atoms with Crippen LogP contribution in [0, 0.1) is 12.8 Å². The van der Waals surface area contributed by atoms with Crippen LogP contribution in [0.5, 0.6) is 0 Å². The molecule has 1 saturated heterocycles. The highest BCUT2D eigenvalue weighted by Gasteiger charge is 2.47. The monoisotopic (exact) mass is 517 g/mol. The molecular formula is C29H28ClN3O4. The summed E-state index contributed by atoms with van der Waals surface area (Å²) in [7, 11) is 0. The Morgan fingerprint density at radius 3 is 2.51 bits per heavy atom. The molecule has 3 aromatic rings. The third kappa shape index (κ3) is 5.94. The van der Waals surface area contributed by atoms with Crippen molar-refractivity contribution in [3.05, 3.63) is 100 Å². The van der Waals surface area contributed by atoms with E-state index in [0.29, 0.717) is 34.3 Å². The van der Waals surface area contributed by atoms with Crippen molar-refractivity contribution < 1.29 is 19.1 Å². The van der Waals surface area contributed by atoms with Crippen molar-refractivity contribution in [2.45, 2.75) is 38.5 Å². The highest BCUT2D eigenvalue weighted by molar-refractivity contribution is 6.30. The summed E-state index contributed by atoms with van der Waals surface area (Å²) in [6.07, 6.45) is 0.782. The van der Waals surface area contributed by atoms with Gasteiger partial charge in [-0.1, -0.05) is 53.6 Å². The van der Waals surface area contributed by atoms with Crippen LogP contribution in [0.1, 0.15) is 46.0 Å². The smallest absolute Gasteiger partial charge is 0.411 e. The highest BCUT2D eigenvalue weighted by atomic mass is 35.5. The lowest BCUT2D eigenvalue weighted by Gasteiger charge is -2.24. The lowest BCUT2D eigenvalue weighted by atomic mass is 10.00. The highest BCUT2D eigenvalue weighted by Crippen LogP contribution is 2.36. The van der Waals surface area contributed by atoms with Gasteiger partial charge >= 0.3 is 6.09 Å². The minimum absolute atomic E-state index is 0.182. The van der Waals surface area contributed by atoms with Crippen LogP contribution in [0.2, 0.25) is 5.02 Å². The molecule has 2 aliphatic rings. The first kappa shape index (κ1) is 24.8. The third-order valence-corrected chi connectivity index (χ3v) is 6.88. The Morgan fingerprint density at radius 1 is 1.03 bits per heavy atom. The number of cyclic esters (lactones) is 1. The Kier molecular flexibility index (Phi) is 7.15. The van der Waals surface area contributed by atoms with Crippen LogP contribution in [0.4, 0.5) is 10.5 Å². The molecular weight excluding hydrogens is 490 g/mol. The predicted molar refractivity (Wildman–Crippen MR) is 141 cm³/mol. The van der Waals surface area contributed by atoms with Crippen molar-refractivity contribution in [1.29, 1.82) is 0 Å². The summed E-state index contributed by atoms with van der Waals surface area (Å²) in [6, 6.07) is 20.7. The molecule has 7 nitrogen and oxygen atoms in total. The van der Waals surface area contributed by atoms with Crippen molar-refractivity contribution in [1.82, 2.24) is 10.2 Å². The molecule has 3 amide bonds. The number of halogens is 1. The molecule has 3 aromatic carbocycles. The fourth-order valence-corrected chi connectivity index (χ4v) is 4.63. The quantitative estimate of drug-likeness (QED) is 0.413. The first-order chi connectivity index (χ1) is 17.9. The van der Waals surface area contributed by atoms with E-state index in [2.05, 4.69) is 10.6 Å². The van der Waals surface area contributed by atoms with Crippen LogP contribution in [-0.2, 0) is 16.1 Å². The van der Waals surface area contributed by atoms with E-state index in [1.54, 1.807) is 54.6 Å². The van der Waals surface area contributed by atoms with E-state index in [-0.39, 0.29) is 18.4 Å². The summed E-state index contributed by atoms with van der Waals surface area (Å²) in [5.74, 6) is -0.0251. The number of benzene rings is 3. The molecule has 2 fully saturated rings. The number of carbonyl (C=O) groups is 3. The zero-order chi connectivity index (χ0) is 25.9. The SMILES string of the molecule is Cc1ccc(C(=O)Nc2cccc(C3OC(=O)N(Cc4cccc(Cl)c4)C3C(=O)NCC3CC3)c2)cc1. The molecule has 0 spiro atoms. The van der Waals surface area contributed by atoms with Gasteiger partial charge in [-0.15, -0.1) is 0 Å². The van der Waals surface area contributed by atoms with Crippen LogP contribution in [0.25, 0.3) is 0 Å². The number of carbonyl (C=O) groups excluding carboxylic acids is 3. The average molecular weight is 518 g/mol. The number of anilines is 1. The maximum atomic E-state index is 13.4. The molecule has 0 aromatic heterocycles. The fourth-order valence-electron chi connectivity index (χ4n) is 4.42. The van der Waals surface area contributed by atoms with Gasteiger partial charge in [0.1, 0.15) is 0 Å². The second-order valence-corrected chi connectivity index (χ2v) is 10.1. The predicted octanol–water partition coefficient (Wildman–Crippen LogP) is 5.49. The van der Waals surface area contributed by atoms with Gasteiger partial charge in [-0.05, 0) is 73.2 Å². The molecule has 1 heterocycles. The van der Waals surface area contributed by atoms with Crippen LogP contribution < -0.4 is 10.6 Å². The Bertz CT molecular complexity index is 1320. The molecule has 5 rings (SSSR count). The summed E-state index contributed by atoms with van der Waals surface area (Å²) < 4.78 is 5.76. The van der Waals surface area contributed by atoms with E-state index in [9.17, 15) is 14.4 Å². The molecule has 1 aliphatic carbocycles. The zero-order valence-corrected chi connectivity index (χ0v) is 21.2. The van der Waals surface area contributed by atoms with Gasteiger partial charge < -0.3 is 15.4 Å². The maximum absolute atomic E-state index is 13.4. The van der Waals surface area contributed by atoms with Crippen LogP contribution in [0.3, 0.4) is 0 Å². The molecule has 37 heavy (non-hydrogen) atoms. The number of nitrogens with zero attached hydrogens (tertiary/aromatic N) is 1. The first-order valence-corrected chi connectivity index (χ1v) is 12.7. The lowest BCUT2D eigenvalue weighted by Crippen LogP contribution is -2.46. The number of ether oxygens (including phenoxy) is 1. The molecule has 1 aliphatic heterocycles. The summed E-state index contributed by atoms with van der Waals surface area (Å²) in [5.41, 5.74) is 3.56. The van der Waals surface area contributed by atoms with Crippen LogP contribution in [0.15, 0.2) is 72.8 Å². The van der Waals surface area contributed by atoms with E-state index in [4.69, 9.17) is 16.3 Å². The van der Waals surface area contributed by atoms with Crippen molar-refractivity contribution >= 4 is 35.2 Å². The molecule has 2 atom stereocenters. The number of aryl methyl sites for hydroxylation is 1. The van der Waals surface area contributed by atoms with Crippen molar-refractivity contribution in [2.24, 2.45) is 5.92 Å². The van der Waals surface area contributed by atoms with Gasteiger partial charge in [0.05, 0.1) is 6.54 Å². The summed E-state index contributed by atoms with van der Waals surface area (Å²) in [6.45, 7) is 2.72. The van der Waals surface area contributed by atoms with Crippen molar-refractivity contribution in [3.63, 3.8) is 0 Å². The minimum atomic E-state index is -0.867. The van der Waals surface area contributed by atoms with Crippen molar-refractivity contribution in [3.8, 4) is 0 Å². The van der Waals surface area contributed by atoms with E-state index in [1.807, 2.05) is 25.1 Å². The fraction of sp³-hybridized carbons (Fsp3) is 0.276. The zero-order valence-electron chi connectivity index (χ0n) is 20.4. The molecule has 0 radical (unpaired) electrons. The topological polar surface area (TPSA) is 87.7 Å². The Labute approximate surface area is 220 Å². The maximum Gasteiger partial charge on any atom is 0.411 e. The molecule has 8 heteroatoms. The van der Waals surface area contributed by atoms with E-state index in [1.165, 1.54) is 4.90 Å². The third-order valence-electron chi connectivity index (χ3n) is 6.64. The summed E-state index contributed by atoms with van der Waals surface area (Å²) in [4.78, 5) is 40.6. The van der Waals surface area contributed by atoms with Gasteiger partial charge in [0.25, 0.3) is 5.91 Å². The summed E-state index contributed by atoms with van der Waals surface area (Å²) in [5, 5.41) is 6.44. The number of amides is 3. The normalized spacial score (nSPS) is 18.9. The summed E-state index contributed by atoms with van der Waals surface area (Å²) >= 11 is 6.14. The second-order valence-electron chi connectivity index (χ2n) is 9.64. The number of hydrogen-bond acceptors (Lipinski definition) is 4. The van der Waals surface area contributed by atoms with Gasteiger partial charge in [-0.2, -0.15) is 0 Å². The van der Waals surface area contributed by atoms with E-state index < -0.39 is 18.2 Å². The van der Waals surface area contributed by atoms with Gasteiger partial charge in [-0.3, -0.25) is 14.5 Å². The molecule has 2 N–H and O–H groups in total. The van der Waals surface area contributed by atoms with E-state index >= 15 is 0 Å². The minimum Gasteiger partial charge on any atom is -0.438 e. The Morgan fingerprint density at radius 2 is 1.78 bits per heavy atom. The second kappa shape index (κ2) is 10.6. The number of hydrogen-bond donors (Lipinski definition) is 2. The Hall–Kier alpha value is -3.84. The van der Waals surface area contributed by atoms with Gasteiger partial charge in [0, 0.05) is 22.8 Å². The largest absolute Gasteiger partial charge is 0.438 e. The number of rotatable bonds is 8. The first-order valence-electron chi connectivity index (χ1n) is 12.3. The molecule has 0 bridgehead atoms. The van der Waals surface area contributed by atoms with Gasteiger partial charge in [0.2, 0.25) is 5.91 Å². The van der Waals surface area contributed by atoms with Gasteiger partial charge in [-0.25, -0.2) is 4.79 Å². The standard InChI is InChI=1S/C29H28ClN3O4/c1-18-8-12-21(13-9-18)27(34)32-24-7-3-5-22(15-24)26-25(28(35)31-16-19-10-11-19)33(29(36)37-26)17-20-4-2-6-23(30)14-20/h2-9,12-15,19,25-26H,10-11,16-17H2,1H3,(H,31,35)(H,32,34). The van der Waals surface area contributed by atoms with Crippen LogP contribution >= 0.6 is 11.6 Å². The molecule has 2 unspecified atom stereocenters. The lowest BCUT2D eigenvalue weighted by molar-refractivity contribution is -0.126. The van der Waals surface area contributed by atoms with Gasteiger partial charge in [0.15, 0.2) is 12.1 Å². The Balaban J connectivity index is 1.39. The average Bonchev–Trinajstić information content (AvgIpc) is 3.66. The molecule has 190 valence electrons. The van der Waals surface area contributed by atoms with Crippen molar-refractivity contribution in [2.75, 3.05) is 11.9 Å². The molecule has 1 saturated carbocycles. The number of nitrogens with one attached hydrogen (secondary N) is 2.